The summed E-state index contributed by atoms with van der Waals surface area (Å²) < 4.78 is 5.45. The van der Waals surface area contributed by atoms with Crippen LogP contribution in [0, 0.1) is 24.7 Å². The van der Waals surface area contributed by atoms with Crippen molar-refractivity contribution in [2.24, 2.45) is 17.8 Å². The molecule has 1 atom stereocenters. The van der Waals surface area contributed by atoms with Gasteiger partial charge in [-0.15, -0.1) is 0 Å². The van der Waals surface area contributed by atoms with E-state index >= 15 is 0 Å². The minimum atomic E-state index is 0.629. The predicted molar refractivity (Wildman–Crippen MR) is 121 cm³/mol. The van der Waals surface area contributed by atoms with Gasteiger partial charge in [0.2, 0.25) is 0 Å². The molecule has 1 aliphatic heterocycles. The smallest absolute Gasteiger partial charge is 0.0812 e. The van der Waals surface area contributed by atoms with E-state index in [1.165, 1.54) is 74.5 Å². The van der Waals surface area contributed by atoms with Crippen LogP contribution in [0.25, 0.3) is 11.1 Å². The summed E-state index contributed by atoms with van der Waals surface area (Å²) in [6.45, 7) is 3.19. The van der Waals surface area contributed by atoms with Crippen LogP contribution in [0.2, 0.25) is 0 Å². The summed E-state index contributed by atoms with van der Waals surface area (Å²) in [7, 11) is 0. The molecule has 3 fully saturated rings. The van der Waals surface area contributed by atoms with Crippen molar-refractivity contribution >= 4 is 0 Å². The molecule has 0 N–H and O–H groups in total. The van der Waals surface area contributed by atoms with Crippen molar-refractivity contribution in [1.82, 2.24) is 0 Å². The van der Waals surface area contributed by atoms with Crippen molar-refractivity contribution in [2.75, 3.05) is 6.61 Å². The SMILES string of the molecule is Cc1ccc(-c2ccc(C3CCC(C4CCC(CC5CO5)CC4)CC3)cc2)cc1. The summed E-state index contributed by atoms with van der Waals surface area (Å²) in [6, 6.07) is 18.3. The average molecular weight is 389 g/mol. The van der Waals surface area contributed by atoms with E-state index in [2.05, 4.69) is 55.5 Å². The molecule has 2 aromatic carbocycles. The Morgan fingerprint density at radius 2 is 1.21 bits per heavy atom. The highest BCUT2D eigenvalue weighted by molar-refractivity contribution is 5.64. The fraction of sp³-hybridized carbons (Fsp3) is 0.571. The van der Waals surface area contributed by atoms with Gasteiger partial charge >= 0.3 is 0 Å². The van der Waals surface area contributed by atoms with Crippen molar-refractivity contribution in [3.63, 3.8) is 0 Å². The second-order valence-electron chi connectivity index (χ2n) is 10.1. The zero-order valence-electron chi connectivity index (χ0n) is 18.0. The monoisotopic (exact) mass is 388 g/mol. The Kier molecular flexibility index (Phi) is 5.77. The van der Waals surface area contributed by atoms with E-state index in [1.54, 1.807) is 5.56 Å². The molecule has 154 valence electrons. The van der Waals surface area contributed by atoms with Gasteiger partial charge in [-0.3, -0.25) is 0 Å². The molecule has 3 aliphatic rings. The number of hydrogen-bond donors (Lipinski definition) is 0. The van der Waals surface area contributed by atoms with Crippen LogP contribution in [0.5, 0.6) is 0 Å². The number of aryl methyl sites for hydroxylation is 1. The highest BCUT2D eigenvalue weighted by Gasteiger charge is 2.33. The molecule has 1 saturated heterocycles. The normalized spacial score (nSPS) is 32.1. The Morgan fingerprint density at radius 1 is 0.690 bits per heavy atom. The summed E-state index contributed by atoms with van der Waals surface area (Å²) in [4.78, 5) is 0. The Morgan fingerprint density at radius 3 is 1.76 bits per heavy atom. The lowest BCUT2D eigenvalue weighted by molar-refractivity contribution is 0.152. The maximum atomic E-state index is 5.45. The lowest BCUT2D eigenvalue weighted by atomic mass is 9.68. The molecule has 0 amide bonds. The second-order valence-corrected chi connectivity index (χ2v) is 10.1. The molecule has 5 rings (SSSR count). The topological polar surface area (TPSA) is 12.5 Å². The summed E-state index contributed by atoms with van der Waals surface area (Å²) in [5.74, 6) is 3.75. The third kappa shape index (κ3) is 4.77. The zero-order chi connectivity index (χ0) is 19.6. The molecule has 29 heavy (non-hydrogen) atoms. The Balaban J connectivity index is 1.12. The second kappa shape index (κ2) is 8.64. The van der Waals surface area contributed by atoms with Crippen molar-refractivity contribution in [1.29, 1.82) is 0 Å². The summed E-state index contributed by atoms with van der Waals surface area (Å²) in [5, 5.41) is 0. The van der Waals surface area contributed by atoms with E-state index in [9.17, 15) is 0 Å². The van der Waals surface area contributed by atoms with Gasteiger partial charge in [0.15, 0.2) is 0 Å². The minimum Gasteiger partial charge on any atom is -0.373 e. The van der Waals surface area contributed by atoms with Gasteiger partial charge in [-0.05, 0) is 92.2 Å². The molecular weight excluding hydrogens is 352 g/mol. The van der Waals surface area contributed by atoms with Crippen LogP contribution >= 0.6 is 0 Å². The molecular formula is C28H36O. The van der Waals surface area contributed by atoms with E-state index in [0.717, 1.165) is 30.3 Å². The Bertz CT molecular complexity index is 770. The molecule has 0 spiro atoms. The van der Waals surface area contributed by atoms with Gasteiger partial charge in [0.05, 0.1) is 12.7 Å². The fourth-order valence-electron chi connectivity index (χ4n) is 6.09. The molecule has 0 bridgehead atoms. The van der Waals surface area contributed by atoms with Gasteiger partial charge in [0.25, 0.3) is 0 Å². The van der Waals surface area contributed by atoms with Crippen LogP contribution in [0.1, 0.15) is 74.8 Å². The Hall–Kier alpha value is -1.60. The van der Waals surface area contributed by atoms with Crippen molar-refractivity contribution in [2.45, 2.75) is 76.7 Å². The van der Waals surface area contributed by atoms with E-state index < -0.39 is 0 Å². The lowest BCUT2D eigenvalue weighted by Crippen LogP contribution is -2.25. The fourth-order valence-corrected chi connectivity index (χ4v) is 6.09. The predicted octanol–water partition coefficient (Wildman–Crippen LogP) is 7.53. The molecule has 1 heteroatoms. The molecule has 1 nitrogen and oxygen atoms in total. The van der Waals surface area contributed by atoms with Crippen LogP contribution in [-0.2, 0) is 4.74 Å². The third-order valence-electron chi connectivity index (χ3n) is 8.10. The molecule has 1 unspecified atom stereocenters. The van der Waals surface area contributed by atoms with Crippen LogP contribution in [0.15, 0.2) is 48.5 Å². The highest BCUT2D eigenvalue weighted by atomic mass is 16.6. The standard InChI is InChI=1S/C28H36O/c1-20-2-6-22(7-3-20)24-10-14-26(15-11-24)27-16-12-25(13-17-27)23-8-4-21(5-9-23)18-28-19-29-28/h2-3,6-7,10-11,14-15,21,23,25,27-28H,4-5,8-9,12-13,16-19H2,1H3. The average Bonchev–Trinajstić information content (AvgIpc) is 3.59. The van der Waals surface area contributed by atoms with E-state index in [1.807, 2.05) is 0 Å². The van der Waals surface area contributed by atoms with Crippen LogP contribution in [-0.4, -0.2) is 12.7 Å². The van der Waals surface area contributed by atoms with Crippen LogP contribution < -0.4 is 0 Å². The maximum Gasteiger partial charge on any atom is 0.0812 e. The first kappa shape index (κ1) is 19.4. The van der Waals surface area contributed by atoms with Crippen LogP contribution in [0.3, 0.4) is 0 Å². The number of epoxide rings is 1. The maximum absolute atomic E-state index is 5.45. The quantitative estimate of drug-likeness (QED) is 0.482. The molecule has 0 aromatic heterocycles. The molecule has 2 saturated carbocycles. The third-order valence-corrected chi connectivity index (χ3v) is 8.10. The van der Waals surface area contributed by atoms with Crippen molar-refractivity contribution in [3.05, 3.63) is 59.7 Å². The van der Waals surface area contributed by atoms with Gasteiger partial charge in [0.1, 0.15) is 0 Å². The van der Waals surface area contributed by atoms with Gasteiger partial charge in [0, 0.05) is 0 Å². The van der Waals surface area contributed by atoms with Crippen LogP contribution in [0.4, 0.5) is 0 Å². The molecule has 0 radical (unpaired) electrons. The number of ether oxygens (including phenoxy) is 1. The van der Waals surface area contributed by atoms with E-state index in [4.69, 9.17) is 4.74 Å². The first-order valence-electron chi connectivity index (χ1n) is 12.0. The summed E-state index contributed by atoms with van der Waals surface area (Å²) in [6.07, 6.45) is 13.6. The summed E-state index contributed by atoms with van der Waals surface area (Å²) in [5.41, 5.74) is 5.56. The molecule has 2 aromatic rings. The molecule has 2 aliphatic carbocycles. The zero-order valence-corrected chi connectivity index (χ0v) is 18.0. The number of benzene rings is 2. The van der Waals surface area contributed by atoms with E-state index in [-0.39, 0.29) is 0 Å². The summed E-state index contributed by atoms with van der Waals surface area (Å²) >= 11 is 0. The number of hydrogen-bond acceptors (Lipinski definition) is 1. The van der Waals surface area contributed by atoms with Gasteiger partial charge < -0.3 is 4.74 Å². The molecule has 1 heterocycles. The van der Waals surface area contributed by atoms with Gasteiger partial charge in [-0.1, -0.05) is 66.9 Å². The van der Waals surface area contributed by atoms with Crippen molar-refractivity contribution < 1.29 is 4.74 Å². The number of rotatable bonds is 5. The van der Waals surface area contributed by atoms with Gasteiger partial charge in [-0.25, -0.2) is 0 Å². The highest BCUT2D eigenvalue weighted by Crippen LogP contribution is 2.45. The Labute approximate surface area is 176 Å². The lowest BCUT2D eigenvalue weighted by Gasteiger charge is -2.38. The first-order chi connectivity index (χ1) is 14.2. The largest absolute Gasteiger partial charge is 0.373 e. The first-order valence-corrected chi connectivity index (χ1v) is 12.0. The van der Waals surface area contributed by atoms with Crippen molar-refractivity contribution in [3.8, 4) is 11.1 Å². The minimum absolute atomic E-state index is 0.629. The van der Waals surface area contributed by atoms with E-state index in [0.29, 0.717) is 6.10 Å². The van der Waals surface area contributed by atoms with Gasteiger partial charge in [-0.2, -0.15) is 0 Å².